The van der Waals surface area contributed by atoms with Gasteiger partial charge in [-0.15, -0.1) is 0 Å². The Morgan fingerprint density at radius 2 is 2.17 bits per heavy atom. The molecule has 2 heterocycles. The number of ether oxygens (including phenoxy) is 1. The van der Waals surface area contributed by atoms with Crippen LogP contribution in [0.4, 0.5) is 9.80 Å². The van der Waals surface area contributed by atoms with Crippen molar-refractivity contribution in [1.82, 2.24) is 0 Å². The average Bonchev–Trinajstić information content (AvgIpc) is 2.88. The van der Waals surface area contributed by atoms with Crippen molar-refractivity contribution in [2.45, 2.75) is 43.7 Å². The minimum Gasteiger partial charge on any atom is -0.396 e. The van der Waals surface area contributed by atoms with Crippen molar-refractivity contribution in [3.05, 3.63) is 28.8 Å². The normalized spacial score (nSPS) is 33.1. The quantitative estimate of drug-likeness (QED) is 0.643. The van der Waals surface area contributed by atoms with Crippen LogP contribution in [0, 0.1) is 5.92 Å². The van der Waals surface area contributed by atoms with Crippen LogP contribution in [-0.2, 0) is 15.1 Å². The van der Waals surface area contributed by atoms with E-state index in [-0.39, 0.29) is 24.0 Å². The van der Waals surface area contributed by atoms with Gasteiger partial charge in [0.05, 0.1) is 6.10 Å². The molecule has 1 saturated heterocycles. The number of carbonyl (C=O) groups excluding carboxylic acids is 1. The number of aliphatic hydroxyl groups excluding tert-OH is 1. The van der Waals surface area contributed by atoms with Crippen molar-refractivity contribution < 1.29 is 18.7 Å². The highest BCUT2D eigenvalue weighted by Gasteiger charge is 2.64. The van der Waals surface area contributed by atoms with Gasteiger partial charge in [-0.05, 0) is 37.7 Å². The molecule has 1 aromatic carbocycles. The molecule has 0 bridgehead atoms. The molecule has 23 heavy (non-hydrogen) atoms. The lowest BCUT2D eigenvalue weighted by Gasteiger charge is -2.30. The van der Waals surface area contributed by atoms with Gasteiger partial charge in [0.1, 0.15) is 0 Å². The van der Waals surface area contributed by atoms with E-state index in [2.05, 4.69) is 5.32 Å². The first-order valence-corrected chi connectivity index (χ1v) is 11.1. The second kappa shape index (κ2) is 5.55. The van der Waals surface area contributed by atoms with E-state index < -0.39 is 20.1 Å². The van der Waals surface area contributed by atoms with Crippen LogP contribution in [0.1, 0.15) is 18.9 Å². The number of nitrogens with one attached hydrogen (secondary N) is 1. The third-order valence-corrected chi connectivity index (χ3v) is 7.78. The van der Waals surface area contributed by atoms with E-state index in [0.717, 1.165) is 0 Å². The highest BCUT2D eigenvalue weighted by Crippen LogP contribution is 2.58. The number of aliphatic hydroxyl groups is 1. The lowest BCUT2D eigenvalue weighted by molar-refractivity contribution is -0.143. The topological polar surface area (TPSA) is 58.6 Å². The summed E-state index contributed by atoms with van der Waals surface area (Å²) in [5.74, 6) is -0.601. The monoisotopic (exact) mass is 357 g/mol. The molecule has 0 unspecified atom stereocenters. The van der Waals surface area contributed by atoms with E-state index in [1.807, 2.05) is 6.92 Å². The van der Waals surface area contributed by atoms with Crippen LogP contribution < -0.4 is 5.32 Å². The Kier molecular flexibility index (Phi) is 4.07. The summed E-state index contributed by atoms with van der Waals surface area (Å²) in [7, 11) is -3.09. The number of halogens is 2. The average molecular weight is 358 g/mol. The number of hydrogen-bond donors (Lipinski definition) is 2. The molecule has 0 saturated carbocycles. The van der Waals surface area contributed by atoms with Crippen LogP contribution in [0.2, 0.25) is 23.7 Å². The molecular weight excluding hydrogens is 337 g/mol. The van der Waals surface area contributed by atoms with Crippen molar-refractivity contribution in [2.24, 2.45) is 5.92 Å². The molecule has 4 atom stereocenters. The van der Waals surface area contributed by atoms with Gasteiger partial charge < -0.3 is 19.3 Å². The third kappa shape index (κ3) is 2.43. The van der Waals surface area contributed by atoms with E-state index >= 15 is 0 Å². The SMILES string of the molecule is C[C@@H]1[C@@H]([Si](C)(C)F)[C@H](CCO)O[C@@]12C(=O)Nc1ccc(Cl)cc12. The highest BCUT2D eigenvalue weighted by molar-refractivity contribution is 6.72. The molecule has 1 spiro atoms. The molecule has 0 aliphatic carbocycles. The lowest BCUT2D eigenvalue weighted by atomic mass is 9.82. The molecule has 2 N–H and O–H groups in total. The largest absolute Gasteiger partial charge is 0.396 e. The molecule has 0 radical (unpaired) electrons. The second-order valence-corrected chi connectivity index (χ2v) is 11.2. The van der Waals surface area contributed by atoms with Crippen LogP contribution in [0.25, 0.3) is 0 Å². The van der Waals surface area contributed by atoms with Crippen molar-refractivity contribution in [3.63, 3.8) is 0 Å². The van der Waals surface area contributed by atoms with Gasteiger partial charge >= 0.3 is 0 Å². The molecule has 7 heteroatoms. The highest BCUT2D eigenvalue weighted by atomic mass is 35.5. The summed E-state index contributed by atoms with van der Waals surface area (Å²) in [6, 6.07) is 5.17. The number of hydrogen-bond acceptors (Lipinski definition) is 3. The first-order valence-electron chi connectivity index (χ1n) is 7.81. The van der Waals surface area contributed by atoms with Crippen LogP contribution in [0.15, 0.2) is 18.2 Å². The van der Waals surface area contributed by atoms with Crippen molar-refractivity contribution in [1.29, 1.82) is 0 Å². The Morgan fingerprint density at radius 1 is 1.48 bits per heavy atom. The molecule has 126 valence electrons. The van der Waals surface area contributed by atoms with Crippen LogP contribution in [0.5, 0.6) is 0 Å². The zero-order valence-electron chi connectivity index (χ0n) is 13.4. The number of benzene rings is 1. The van der Waals surface area contributed by atoms with Crippen molar-refractivity contribution >= 4 is 31.6 Å². The number of rotatable bonds is 3. The molecule has 1 amide bonds. The Balaban J connectivity index is 2.13. The number of amides is 1. The zero-order valence-corrected chi connectivity index (χ0v) is 15.2. The Labute approximate surface area is 141 Å². The van der Waals surface area contributed by atoms with Crippen LogP contribution >= 0.6 is 11.6 Å². The molecular formula is C16H21ClFNO3Si. The standard InChI is InChI=1S/C16H21ClFNO3Si/c1-9-14(23(2,3)18)13(6-7-20)22-16(9)11-8-10(17)4-5-12(11)19-15(16)21/h4-5,8-9,13-14,20H,6-7H2,1-3H3,(H,19,21)/t9-,13+,14-,16+/m1/s1. The summed E-state index contributed by atoms with van der Waals surface area (Å²) in [6.07, 6.45) is -0.155. The molecule has 2 aliphatic rings. The fourth-order valence-corrected chi connectivity index (χ4v) is 6.95. The van der Waals surface area contributed by atoms with Gasteiger partial charge in [-0.1, -0.05) is 18.5 Å². The molecule has 1 fully saturated rings. The van der Waals surface area contributed by atoms with E-state index in [1.54, 1.807) is 31.3 Å². The van der Waals surface area contributed by atoms with Crippen LogP contribution in [-0.4, -0.2) is 32.1 Å². The second-order valence-electron chi connectivity index (χ2n) is 6.93. The van der Waals surface area contributed by atoms with E-state index in [9.17, 15) is 14.0 Å². The smallest absolute Gasteiger partial charge is 0.261 e. The van der Waals surface area contributed by atoms with E-state index in [4.69, 9.17) is 16.3 Å². The maximum Gasteiger partial charge on any atom is 0.261 e. The summed E-state index contributed by atoms with van der Waals surface area (Å²) in [5, 5.41) is 12.7. The molecule has 2 aliphatic heterocycles. The molecule has 1 aromatic rings. The molecule has 3 rings (SSSR count). The summed E-state index contributed by atoms with van der Waals surface area (Å²) < 4.78 is 21.1. The minimum atomic E-state index is -3.09. The maximum atomic E-state index is 15.0. The number of carbonyl (C=O) groups is 1. The third-order valence-electron chi connectivity index (χ3n) is 5.09. The fourth-order valence-electron chi connectivity index (χ4n) is 4.24. The first kappa shape index (κ1) is 16.9. The van der Waals surface area contributed by atoms with Gasteiger partial charge in [0.15, 0.2) is 5.60 Å². The first-order chi connectivity index (χ1) is 10.7. The van der Waals surface area contributed by atoms with Crippen molar-refractivity contribution in [3.8, 4) is 0 Å². The van der Waals surface area contributed by atoms with E-state index in [1.165, 1.54) is 0 Å². The van der Waals surface area contributed by atoms with Crippen molar-refractivity contribution in [2.75, 3.05) is 11.9 Å². The van der Waals surface area contributed by atoms with Gasteiger partial charge in [0.2, 0.25) is 8.41 Å². The molecule has 0 aromatic heterocycles. The van der Waals surface area contributed by atoms with Gasteiger partial charge in [-0.3, -0.25) is 4.79 Å². The Bertz CT molecular complexity index is 651. The minimum absolute atomic E-state index is 0.0987. The van der Waals surface area contributed by atoms with Gasteiger partial charge in [0, 0.05) is 34.3 Å². The summed E-state index contributed by atoms with van der Waals surface area (Å²) in [4.78, 5) is 12.8. The van der Waals surface area contributed by atoms with Gasteiger partial charge in [-0.2, -0.15) is 0 Å². The predicted molar refractivity (Wildman–Crippen MR) is 89.8 cm³/mol. The Hall–Kier alpha value is -0.953. The van der Waals surface area contributed by atoms with Gasteiger partial charge in [0.25, 0.3) is 5.91 Å². The number of fused-ring (bicyclic) bond motifs is 2. The summed E-state index contributed by atoms with van der Waals surface area (Å²) >= 11 is 6.10. The Morgan fingerprint density at radius 3 is 2.78 bits per heavy atom. The van der Waals surface area contributed by atoms with Gasteiger partial charge in [-0.25, -0.2) is 0 Å². The maximum absolute atomic E-state index is 15.0. The van der Waals surface area contributed by atoms with Crippen LogP contribution in [0.3, 0.4) is 0 Å². The lowest BCUT2D eigenvalue weighted by Crippen LogP contribution is -2.41. The van der Waals surface area contributed by atoms with E-state index in [0.29, 0.717) is 22.7 Å². The predicted octanol–water partition coefficient (Wildman–Crippen LogP) is 3.45. The number of anilines is 1. The summed E-state index contributed by atoms with van der Waals surface area (Å²) in [6.45, 7) is 5.03. The summed E-state index contributed by atoms with van der Waals surface area (Å²) in [5.41, 5.74) is -0.259. The zero-order chi connectivity index (χ0) is 17.0. The molecule has 4 nitrogen and oxygen atoms in total. The fraction of sp³-hybridized carbons (Fsp3) is 0.562.